The number of nitrogens with two attached hydrogens (primary N) is 1. The first-order valence-electron chi connectivity index (χ1n) is 14.9. The molecule has 1 fully saturated rings. The van der Waals surface area contributed by atoms with Crippen molar-refractivity contribution in [3.63, 3.8) is 0 Å². The number of nitrogens with one attached hydrogen (secondary N) is 1. The number of nitrogen functional groups attached to an aromatic ring is 1. The highest BCUT2D eigenvalue weighted by Gasteiger charge is 2.49. The van der Waals surface area contributed by atoms with Gasteiger partial charge in [0.05, 0.1) is 34.7 Å². The second-order valence-electron chi connectivity index (χ2n) is 11.1. The zero-order chi connectivity index (χ0) is 35.7. The van der Waals surface area contributed by atoms with Gasteiger partial charge in [0.1, 0.15) is 17.6 Å². The maximum absolute atomic E-state index is 14.7. The van der Waals surface area contributed by atoms with E-state index in [0.29, 0.717) is 27.8 Å². The molecule has 4 aromatic rings. The van der Waals surface area contributed by atoms with E-state index < -0.39 is 51.9 Å². The minimum atomic E-state index is -5.47. The van der Waals surface area contributed by atoms with Crippen LogP contribution >= 0.6 is 11.6 Å². The molecule has 1 saturated heterocycles. The van der Waals surface area contributed by atoms with Crippen molar-refractivity contribution in [3.8, 4) is 5.75 Å². The highest BCUT2D eigenvalue weighted by Crippen LogP contribution is 2.43. The lowest BCUT2D eigenvalue weighted by molar-refractivity contribution is -0.203. The molecule has 1 aromatic heterocycles. The third-order valence-electron chi connectivity index (χ3n) is 8.22. The number of carbonyl (C=O) groups excluding carboxylic acids is 3. The summed E-state index contributed by atoms with van der Waals surface area (Å²) in [6.45, 7) is 1.20. The number of alkyl halides is 3. The highest BCUT2D eigenvalue weighted by molar-refractivity contribution is 7.91. The zero-order valence-electron chi connectivity index (χ0n) is 26.0. The Balaban J connectivity index is 1.63. The molecule has 0 aliphatic carbocycles. The number of aromatic nitrogens is 1. The number of nitrogens with zero attached hydrogens (tertiary/aromatic N) is 2. The summed E-state index contributed by atoms with van der Waals surface area (Å²) in [6, 6.07) is 14.3. The summed E-state index contributed by atoms with van der Waals surface area (Å²) in [4.78, 5) is 44.7. The molecular formula is C33H30ClF3N4O7S. The van der Waals surface area contributed by atoms with E-state index in [-0.39, 0.29) is 39.9 Å². The summed E-state index contributed by atoms with van der Waals surface area (Å²) in [5.41, 5.74) is 6.81. The molecule has 258 valence electrons. The van der Waals surface area contributed by atoms with E-state index in [9.17, 15) is 36.0 Å². The van der Waals surface area contributed by atoms with Crippen LogP contribution in [0.5, 0.6) is 5.75 Å². The second-order valence-corrected chi connectivity index (χ2v) is 13.8. The molecule has 0 spiro atoms. The van der Waals surface area contributed by atoms with Crippen LogP contribution in [0.25, 0.3) is 10.8 Å². The molecule has 3 atom stereocenters. The average molecular weight is 719 g/mol. The number of anilines is 2. The quantitative estimate of drug-likeness (QED) is 0.164. The first-order chi connectivity index (χ1) is 23.2. The van der Waals surface area contributed by atoms with E-state index in [1.54, 1.807) is 30.3 Å². The number of carbonyl (C=O) groups is 3. The van der Waals surface area contributed by atoms with Crippen LogP contribution in [0.2, 0.25) is 5.02 Å². The van der Waals surface area contributed by atoms with Crippen LogP contribution < -0.4 is 15.8 Å². The van der Waals surface area contributed by atoms with E-state index in [1.807, 2.05) is 0 Å². The van der Waals surface area contributed by atoms with Gasteiger partial charge in [-0.1, -0.05) is 42.8 Å². The molecule has 0 bridgehead atoms. The fourth-order valence-electron chi connectivity index (χ4n) is 5.83. The maximum Gasteiger partial charge on any atom is 0.491 e. The van der Waals surface area contributed by atoms with E-state index in [0.717, 1.165) is 0 Å². The van der Waals surface area contributed by atoms with Gasteiger partial charge in [-0.3, -0.25) is 9.59 Å². The first kappa shape index (κ1) is 35.4. The third-order valence-corrected chi connectivity index (χ3v) is 10.3. The molecule has 16 heteroatoms. The van der Waals surface area contributed by atoms with Crippen molar-refractivity contribution in [2.75, 3.05) is 30.5 Å². The number of halogens is 4. The number of esters is 2. The molecule has 0 saturated carbocycles. The summed E-state index contributed by atoms with van der Waals surface area (Å²) in [6.07, 6.45) is -4.18. The number of benzene rings is 3. The van der Waals surface area contributed by atoms with E-state index in [4.69, 9.17) is 22.1 Å². The van der Waals surface area contributed by atoms with Gasteiger partial charge in [0, 0.05) is 23.8 Å². The van der Waals surface area contributed by atoms with Gasteiger partial charge in [0.25, 0.3) is 0 Å². The fourth-order valence-corrected chi connectivity index (χ4v) is 7.17. The maximum atomic E-state index is 14.7. The van der Waals surface area contributed by atoms with Crippen molar-refractivity contribution < 1.29 is 45.4 Å². The largest absolute Gasteiger partial charge is 0.495 e. The molecular weight excluding hydrogens is 689 g/mol. The number of methoxy groups -OCH3 is 1. The van der Waals surface area contributed by atoms with Crippen LogP contribution in [-0.4, -0.2) is 61.7 Å². The van der Waals surface area contributed by atoms with Crippen molar-refractivity contribution in [2.45, 2.75) is 36.5 Å². The molecule has 1 aliphatic rings. The Labute approximate surface area is 284 Å². The van der Waals surface area contributed by atoms with Crippen molar-refractivity contribution >= 4 is 61.6 Å². The minimum Gasteiger partial charge on any atom is -0.495 e. The standard InChI is InChI=1S/C33H30ClF3N4O7S/c1-3-49(45,46)26-7-5-4-6-22(26)28-23(31(43)48-32(44)33(35,36)37)13-15-41(28)30(42)27(19-8-11-24(34)25(17-19)47-2)40-20-9-10-21-18(16-20)12-14-39-29(21)38/h4-12,14,16-17,23,27-28,40H,3,13,15H2,1-2H3,(H2,38,39)/t23?,27-,28?/m0/s1. The van der Waals surface area contributed by atoms with Crippen molar-refractivity contribution in [3.05, 3.63) is 89.1 Å². The Morgan fingerprint density at radius 3 is 2.53 bits per heavy atom. The van der Waals surface area contributed by atoms with Gasteiger partial charge in [-0.15, -0.1) is 0 Å². The number of hydrogen-bond acceptors (Lipinski definition) is 10. The zero-order valence-corrected chi connectivity index (χ0v) is 27.6. The molecule has 3 N–H and O–H groups in total. The number of ether oxygens (including phenoxy) is 2. The number of amides is 1. The molecule has 0 radical (unpaired) electrons. The van der Waals surface area contributed by atoms with E-state index >= 15 is 0 Å². The van der Waals surface area contributed by atoms with Gasteiger partial charge in [-0.2, -0.15) is 13.2 Å². The minimum absolute atomic E-state index is 0.0160. The smallest absolute Gasteiger partial charge is 0.491 e. The predicted molar refractivity (Wildman–Crippen MR) is 174 cm³/mol. The second kappa shape index (κ2) is 13.9. The van der Waals surface area contributed by atoms with Crippen LogP contribution in [0.1, 0.15) is 36.6 Å². The fraction of sp³-hybridized carbons (Fsp3) is 0.273. The van der Waals surface area contributed by atoms with Gasteiger partial charge in [0.15, 0.2) is 9.84 Å². The molecule has 2 heterocycles. The molecule has 49 heavy (non-hydrogen) atoms. The van der Waals surface area contributed by atoms with Crippen LogP contribution in [0.15, 0.2) is 77.8 Å². The summed E-state index contributed by atoms with van der Waals surface area (Å²) < 4.78 is 75.2. The van der Waals surface area contributed by atoms with Gasteiger partial charge in [-0.05, 0) is 65.4 Å². The normalized spacial score (nSPS) is 17.1. The number of fused-ring (bicyclic) bond motifs is 1. The van der Waals surface area contributed by atoms with Crippen LogP contribution in [0.4, 0.5) is 24.7 Å². The SMILES string of the molecule is CCS(=O)(=O)c1ccccc1C1C(C(=O)OC(=O)C(F)(F)F)CCN1C(=O)[C@@H](Nc1ccc2c(N)nccc2c1)c1ccc(Cl)c(OC)c1. The summed E-state index contributed by atoms with van der Waals surface area (Å²) in [7, 11) is -2.58. The number of hydrogen-bond donors (Lipinski definition) is 2. The number of sulfone groups is 1. The Hall–Kier alpha value is -4.89. The van der Waals surface area contributed by atoms with Crippen molar-refractivity contribution in [1.29, 1.82) is 0 Å². The molecule has 1 amide bonds. The van der Waals surface area contributed by atoms with Crippen LogP contribution in [-0.2, 0) is 29.0 Å². The number of rotatable bonds is 9. The summed E-state index contributed by atoms with van der Waals surface area (Å²) >= 11 is 6.28. The Kier molecular flexibility index (Phi) is 10.1. The van der Waals surface area contributed by atoms with Crippen LogP contribution in [0.3, 0.4) is 0 Å². The molecule has 2 unspecified atom stereocenters. The Morgan fingerprint density at radius 2 is 1.84 bits per heavy atom. The summed E-state index contributed by atoms with van der Waals surface area (Å²) in [5, 5.41) is 4.80. The van der Waals surface area contributed by atoms with E-state index in [2.05, 4.69) is 15.0 Å². The van der Waals surface area contributed by atoms with E-state index in [1.165, 1.54) is 61.5 Å². The third kappa shape index (κ3) is 7.27. The van der Waals surface area contributed by atoms with Gasteiger partial charge in [0.2, 0.25) is 5.91 Å². The van der Waals surface area contributed by atoms with Gasteiger partial charge >= 0.3 is 18.1 Å². The first-order valence-corrected chi connectivity index (χ1v) is 16.9. The monoisotopic (exact) mass is 718 g/mol. The van der Waals surface area contributed by atoms with Crippen molar-refractivity contribution in [2.24, 2.45) is 5.92 Å². The molecule has 5 rings (SSSR count). The molecule has 1 aliphatic heterocycles. The Morgan fingerprint density at radius 1 is 1.10 bits per heavy atom. The number of pyridine rings is 1. The molecule has 3 aromatic carbocycles. The average Bonchev–Trinajstić information content (AvgIpc) is 3.52. The van der Waals surface area contributed by atoms with Gasteiger partial charge < -0.3 is 25.4 Å². The summed E-state index contributed by atoms with van der Waals surface area (Å²) in [5.74, 6) is -6.30. The Bertz CT molecular complexity index is 2040. The molecule has 11 nitrogen and oxygen atoms in total. The highest BCUT2D eigenvalue weighted by atomic mass is 35.5. The van der Waals surface area contributed by atoms with Gasteiger partial charge in [-0.25, -0.2) is 18.2 Å². The lowest BCUT2D eigenvalue weighted by atomic mass is 9.93. The van der Waals surface area contributed by atoms with Crippen LogP contribution in [0, 0.1) is 5.92 Å². The number of likely N-dealkylation sites (tertiary alicyclic amines) is 1. The predicted octanol–water partition coefficient (Wildman–Crippen LogP) is 5.65. The topological polar surface area (TPSA) is 158 Å². The van der Waals surface area contributed by atoms with Crippen molar-refractivity contribution in [1.82, 2.24) is 9.88 Å². The lowest BCUT2D eigenvalue weighted by Gasteiger charge is -2.33. The lowest BCUT2D eigenvalue weighted by Crippen LogP contribution is -2.40.